The predicted molar refractivity (Wildman–Crippen MR) is 97.8 cm³/mol. The van der Waals surface area contributed by atoms with E-state index in [1.165, 1.54) is 0 Å². The summed E-state index contributed by atoms with van der Waals surface area (Å²) in [5.74, 6) is 0. The first-order valence-electron chi connectivity index (χ1n) is 8.01. The molecule has 8 heteroatoms. The van der Waals surface area contributed by atoms with Crippen molar-refractivity contribution in [3.05, 3.63) is 71.8 Å². The Kier molecular flexibility index (Phi) is 8.81. The molecule has 6 nitrogen and oxygen atoms in total. The fourth-order valence-corrected chi connectivity index (χ4v) is 3.22. The van der Waals surface area contributed by atoms with Gasteiger partial charge in [-0.15, -0.1) is 0 Å². The van der Waals surface area contributed by atoms with Crippen molar-refractivity contribution in [3.8, 4) is 0 Å². The molecule has 0 heterocycles. The van der Waals surface area contributed by atoms with E-state index in [0.29, 0.717) is 6.42 Å². The van der Waals surface area contributed by atoms with Crippen LogP contribution in [-0.2, 0) is 36.1 Å². The summed E-state index contributed by atoms with van der Waals surface area (Å²) in [7, 11) is -3.79. The molecule has 0 bridgehead atoms. The Morgan fingerprint density at radius 2 is 1.31 bits per heavy atom. The van der Waals surface area contributed by atoms with Crippen molar-refractivity contribution in [3.63, 3.8) is 0 Å². The largest absolute Gasteiger partial charge is 0.475 e. The summed E-state index contributed by atoms with van der Waals surface area (Å²) in [6, 6.07) is 18.6. The van der Waals surface area contributed by atoms with Gasteiger partial charge in [-0.3, -0.25) is 13.6 Å². The van der Waals surface area contributed by atoms with E-state index in [1.54, 1.807) is 0 Å². The van der Waals surface area contributed by atoms with E-state index in [-0.39, 0.29) is 26.4 Å². The van der Waals surface area contributed by atoms with Crippen molar-refractivity contribution in [2.24, 2.45) is 0 Å². The highest BCUT2D eigenvalue weighted by Crippen LogP contribution is 2.51. The molecule has 26 heavy (non-hydrogen) atoms. The van der Waals surface area contributed by atoms with Crippen LogP contribution in [0, 0.1) is 0 Å². The zero-order chi connectivity index (χ0) is 18.7. The van der Waals surface area contributed by atoms with Gasteiger partial charge in [0.25, 0.3) is 0 Å². The summed E-state index contributed by atoms with van der Waals surface area (Å²) in [6.07, 6.45) is 0.311. The van der Waals surface area contributed by atoms with Crippen LogP contribution in [0.15, 0.2) is 60.7 Å². The summed E-state index contributed by atoms with van der Waals surface area (Å²) in [4.78, 5) is 10.5. The number of carbonyl (C=O) groups is 1. The number of carbonyl (C=O) groups excluding carboxylic acids is 1. The Labute approximate surface area is 157 Å². The first kappa shape index (κ1) is 20.6. The van der Waals surface area contributed by atoms with E-state index in [4.69, 9.17) is 25.2 Å². The van der Waals surface area contributed by atoms with Crippen molar-refractivity contribution in [1.29, 1.82) is 0 Å². The lowest BCUT2D eigenvalue weighted by molar-refractivity contribution is 0.0956. The van der Waals surface area contributed by atoms with Crippen LogP contribution in [0.4, 0.5) is 4.79 Å². The van der Waals surface area contributed by atoms with Gasteiger partial charge in [-0.2, -0.15) is 0 Å². The number of benzene rings is 2. The molecule has 0 amide bonds. The van der Waals surface area contributed by atoms with E-state index in [1.807, 2.05) is 60.7 Å². The SMILES string of the molecule is O=C(Cl)OCCCOP(=O)(OCc1ccccc1)OCc1ccccc1. The van der Waals surface area contributed by atoms with Crippen LogP contribution in [0.1, 0.15) is 17.5 Å². The van der Waals surface area contributed by atoms with Crippen LogP contribution in [-0.4, -0.2) is 18.6 Å². The molecule has 2 aromatic carbocycles. The quantitative estimate of drug-likeness (QED) is 0.290. The summed E-state index contributed by atoms with van der Waals surface area (Å²) in [5, 5.41) is 0. The van der Waals surface area contributed by atoms with Crippen molar-refractivity contribution >= 4 is 24.9 Å². The second-order valence-corrected chi connectivity index (χ2v) is 7.22. The number of phosphoric acid groups is 1. The van der Waals surface area contributed by atoms with E-state index in [2.05, 4.69) is 4.74 Å². The molecule has 2 aromatic rings. The smallest absolute Gasteiger partial charge is 0.454 e. The maximum Gasteiger partial charge on any atom is 0.475 e. The van der Waals surface area contributed by atoms with Crippen LogP contribution in [0.2, 0.25) is 0 Å². The second-order valence-electron chi connectivity index (χ2n) is 5.24. The highest BCUT2D eigenvalue weighted by Gasteiger charge is 2.27. The van der Waals surface area contributed by atoms with Gasteiger partial charge in [-0.1, -0.05) is 60.7 Å². The molecule has 0 fully saturated rings. The molecule has 0 aliphatic heterocycles. The fourth-order valence-electron chi connectivity index (χ4n) is 1.96. The van der Waals surface area contributed by atoms with E-state index >= 15 is 0 Å². The lowest BCUT2D eigenvalue weighted by atomic mass is 10.2. The van der Waals surface area contributed by atoms with Gasteiger partial charge < -0.3 is 4.74 Å². The molecule has 0 N–H and O–H groups in total. The Hall–Kier alpha value is -1.69. The Morgan fingerprint density at radius 3 is 1.77 bits per heavy atom. The number of hydrogen-bond acceptors (Lipinski definition) is 6. The maximum atomic E-state index is 12.9. The van der Waals surface area contributed by atoms with Crippen LogP contribution in [0.5, 0.6) is 0 Å². The number of rotatable bonds is 11. The molecule has 0 spiro atoms. The molecule has 0 aliphatic carbocycles. The third-order valence-electron chi connectivity index (χ3n) is 3.22. The molecule has 0 atom stereocenters. The van der Waals surface area contributed by atoms with Crippen molar-refractivity contribution in [1.82, 2.24) is 0 Å². The summed E-state index contributed by atoms with van der Waals surface area (Å²) in [5.41, 5.74) is 0.792. The van der Waals surface area contributed by atoms with Crippen LogP contribution >= 0.6 is 19.4 Å². The molecule has 0 radical (unpaired) electrons. The maximum absolute atomic E-state index is 12.9. The monoisotopic (exact) mass is 398 g/mol. The normalized spacial score (nSPS) is 11.3. The predicted octanol–water partition coefficient (Wildman–Crippen LogP) is 5.31. The van der Waals surface area contributed by atoms with Crippen LogP contribution in [0.25, 0.3) is 0 Å². The third-order valence-corrected chi connectivity index (χ3v) is 4.72. The van der Waals surface area contributed by atoms with Crippen molar-refractivity contribution < 1.29 is 27.7 Å². The minimum Gasteiger partial charge on any atom is -0.454 e. The lowest BCUT2D eigenvalue weighted by Crippen LogP contribution is -2.05. The zero-order valence-corrected chi connectivity index (χ0v) is 15.7. The minimum absolute atomic E-state index is 0.0328. The number of halogens is 1. The fraction of sp³-hybridized carbons (Fsp3) is 0.278. The van der Waals surface area contributed by atoms with E-state index in [0.717, 1.165) is 11.1 Å². The number of phosphoric ester groups is 1. The van der Waals surface area contributed by atoms with Crippen LogP contribution < -0.4 is 0 Å². The van der Waals surface area contributed by atoms with Gasteiger partial charge in [0.05, 0.1) is 26.4 Å². The van der Waals surface area contributed by atoms with Gasteiger partial charge in [0.1, 0.15) is 0 Å². The standard InChI is InChI=1S/C18H20ClO6P/c19-18(20)22-12-7-13-23-26(21,24-14-16-8-3-1-4-9-16)25-15-17-10-5-2-6-11-17/h1-6,8-11H,7,12-15H2. The Morgan fingerprint density at radius 1 is 0.808 bits per heavy atom. The number of ether oxygens (including phenoxy) is 1. The van der Waals surface area contributed by atoms with Gasteiger partial charge in [0.15, 0.2) is 0 Å². The van der Waals surface area contributed by atoms with Gasteiger partial charge in [-0.25, -0.2) is 9.36 Å². The van der Waals surface area contributed by atoms with Crippen LogP contribution in [0.3, 0.4) is 0 Å². The van der Waals surface area contributed by atoms with Gasteiger partial charge in [0, 0.05) is 18.0 Å². The molecular formula is C18H20ClO6P. The molecular weight excluding hydrogens is 379 g/mol. The van der Waals surface area contributed by atoms with Gasteiger partial charge >= 0.3 is 13.3 Å². The molecule has 0 aliphatic rings. The highest BCUT2D eigenvalue weighted by atomic mass is 35.5. The van der Waals surface area contributed by atoms with Gasteiger partial charge in [0.2, 0.25) is 0 Å². The first-order chi connectivity index (χ1) is 12.6. The average molecular weight is 399 g/mol. The van der Waals surface area contributed by atoms with Gasteiger partial charge in [-0.05, 0) is 11.1 Å². The average Bonchev–Trinajstić information content (AvgIpc) is 2.66. The topological polar surface area (TPSA) is 71.1 Å². The second kappa shape index (κ2) is 11.1. The zero-order valence-electron chi connectivity index (χ0n) is 14.1. The highest BCUT2D eigenvalue weighted by molar-refractivity contribution is 7.48. The summed E-state index contributed by atoms with van der Waals surface area (Å²) in [6.45, 7) is 0.262. The van der Waals surface area contributed by atoms with E-state index < -0.39 is 13.3 Å². The Balaban J connectivity index is 1.90. The molecule has 0 unspecified atom stereocenters. The van der Waals surface area contributed by atoms with Crippen molar-refractivity contribution in [2.75, 3.05) is 13.2 Å². The summed E-state index contributed by atoms with van der Waals surface area (Å²) < 4.78 is 33.7. The van der Waals surface area contributed by atoms with Crippen molar-refractivity contribution in [2.45, 2.75) is 19.6 Å². The third kappa shape index (κ3) is 8.13. The minimum atomic E-state index is -3.79. The molecule has 0 saturated carbocycles. The molecule has 140 valence electrons. The summed E-state index contributed by atoms with van der Waals surface area (Å²) >= 11 is 5.08. The Bertz CT molecular complexity index is 663. The first-order valence-corrected chi connectivity index (χ1v) is 9.85. The molecule has 0 saturated heterocycles. The van der Waals surface area contributed by atoms with E-state index in [9.17, 15) is 9.36 Å². The number of hydrogen-bond donors (Lipinski definition) is 0. The lowest BCUT2D eigenvalue weighted by Gasteiger charge is -2.18. The molecule has 0 aromatic heterocycles. The molecule has 2 rings (SSSR count).